The molecule has 2 aliphatic rings. The second-order valence-electron chi connectivity index (χ2n) is 8.95. The van der Waals surface area contributed by atoms with Crippen LogP contribution in [0.2, 0.25) is 10.0 Å². The minimum absolute atomic E-state index is 0.262. The van der Waals surface area contributed by atoms with E-state index in [1.54, 1.807) is 10.9 Å². The van der Waals surface area contributed by atoms with Crippen molar-refractivity contribution in [1.29, 1.82) is 10.5 Å². The maximum atomic E-state index is 9.51. The first-order chi connectivity index (χ1) is 19.0. The molecule has 0 amide bonds. The highest BCUT2D eigenvalue weighted by molar-refractivity contribution is 9.09. The molecule has 2 unspecified atom stereocenters. The Morgan fingerprint density at radius 2 is 1.44 bits per heavy atom. The summed E-state index contributed by atoms with van der Waals surface area (Å²) < 4.78 is 0. The highest BCUT2D eigenvalue weighted by Crippen LogP contribution is 2.33. The molecular weight excluding hydrogens is 631 g/mol. The van der Waals surface area contributed by atoms with Gasteiger partial charge in [-0.2, -0.15) is 10.5 Å². The van der Waals surface area contributed by atoms with Gasteiger partial charge in [-0.3, -0.25) is 4.90 Å². The van der Waals surface area contributed by atoms with E-state index in [2.05, 4.69) is 61.2 Å². The lowest BCUT2D eigenvalue weighted by atomic mass is 10.0. The Balaban J connectivity index is 0.000000149. The van der Waals surface area contributed by atoms with Crippen LogP contribution in [0.25, 0.3) is 0 Å². The van der Waals surface area contributed by atoms with E-state index in [0.29, 0.717) is 10.0 Å². The van der Waals surface area contributed by atoms with E-state index in [1.807, 2.05) is 65.1 Å². The van der Waals surface area contributed by atoms with E-state index in [1.165, 1.54) is 22.4 Å². The van der Waals surface area contributed by atoms with Gasteiger partial charge < -0.3 is 5.32 Å². The predicted molar refractivity (Wildman–Crippen MR) is 167 cm³/mol. The molecule has 4 aromatic rings. The van der Waals surface area contributed by atoms with Crippen molar-refractivity contribution in [1.82, 2.24) is 10.2 Å². The van der Waals surface area contributed by atoms with Crippen molar-refractivity contribution in [3.8, 4) is 12.1 Å². The zero-order chi connectivity index (χ0) is 27.6. The normalized spacial score (nSPS) is 15.5. The lowest BCUT2D eigenvalue weighted by Gasteiger charge is -2.31. The fourth-order valence-corrected chi connectivity index (χ4v) is 7.27. The Bertz CT molecular complexity index is 1430. The van der Waals surface area contributed by atoms with Gasteiger partial charge in [-0.1, -0.05) is 75.5 Å². The lowest BCUT2D eigenvalue weighted by molar-refractivity contribution is 0.218. The molecule has 2 aromatic heterocycles. The van der Waals surface area contributed by atoms with Crippen LogP contribution >= 0.6 is 61.8 Å². The highest BCUT2D eigenvalue weighted by Gasteiger charge is 2.26. The van der Waals surface area contributed by atoms with Crippen molar-refractivity contribution in [2.24, 2.45) is 0 Å². The van der Waals surface area contributed by atoms with E-state index in [-0.39, 0.29) is 10.9 Å². The van der Waals surface area contributed by atoms with Gasteiger partial charge in [0.1, 0.15) is 10.9 Å². The van der Waals surface area contributed by atoms with Crippen molar-refractivity contribution in [3.63, 3.8) is 0 Å². The van der Waals surface area contributed by atoms with E-state index in [0.717, 1.165) is 43.7 Å². The number of alkyl halides is 1. The summed E-state index contributed by atoms with van der Waals surface area (Å²) in [6.07, 6.45) is 2.25. The van der Waals surface area contributed by atoms with Gasteiger partial charge in [0.25, 0.3) is 0 Å². The molecule has 9 heteroatoms. The third-order valence-corrected chi connectivity index (χ3v) is 9.93. The number of rotatable bonds is 3. The number of nitrogens with zero attached hydrogens (tertiary/aromatic N) is 3. The van der Waals surface area contributed by atoms with Crippen LogP contribution in [-0.2, 0) is 25.9 Å². The van der Waals surface area contributed by atoms with Crippen LogP contribution in [0.5, 0.6) is 0 Å². The van der Waals surface area contributed by atoms with Crippen LogP contribution < -0.4 is 5.32 Å². The summed E-state index contributed by atoms with van der Waals surface area (Å²) in [5, 5.41) is 27.0. The molecule has 0 radical (unpaired) electrons. The molecule has 2 aliphatic heterocycles. The zero-order valence-corrected chi connectivity index (χ0v) is 25.8. The van der Waals surface area contributed by atoms with Gasteiger partial charge in [0.15, 0.2) is 0 Å². The second-order valence-corrected chi connectivity index (χ2v) is 12.7. The SMILES string of the molecule is N#CC(Br)c1ccccc1Cl.N#CC(c1ccccc1Cl)N1CCc2sccc2C1.c1cc2c(s1)CCNC2. The Morgan fingerprint density at radius 1 is 0.821 bits per heavy atom. The molecule has 0 saturated heterocycles. The minimum atomic E-state index is -0.309. The van der Waals surface area contributed by atoms with Gasteiger partial charge in [-0.15, -0.1) is 22.7 Å². The van der Waals surface area contributed by atoms with Crippen LogP contribution in [0.3, 0.4) is 0 Å². The Morgan fingerprint density at radius 3 is 2.05 bits per heavy atom. The summed E-state index contributed by atoms with van der Waals surface area (Å²) in [4.78, 5) is 4.92. The molecule has 0 bridgehead atoms. The largest absolute Gasteiger partial charge is 0.312 e. The number of nitriles is 2. The smallest absolute Gasteiger partial charge is 0.128 e. The molecule has 0 aliphatic carbocycles. The molecule has 0 fully saturated rings. The third-order valence-electron chi connectivity index (χ3n) is 6.50. The van der Waals surface area contributed by atoms with Crippen LogP contribution in [0.15, 0.2) is 71.4 Å². The van der Waals surface area contributed by atoms with Crippen molar-refractivity contribution in [2.45, 2.75) is 36.8 Å². The van der Waals surface area contributed by atoms with Crippen LogP contribution in [0, 0.1) is 22.7 Å². The van der Waals surface area contributed by atoms with E-state index in [9.17, 15) is 5.26 Å². The predicted octanol–water partition coefficient (Wildman–Crippen LogP) is 8.72. The van der Waals surface area contributed by atoms with Gasteiger partial charge >= 0.3 is 0 Å². The monoisotopic (exact) mass is 656 g/mol. The fraction of sp³-hybridized carbons (Fsp3) is 0.267. The highest BCUT2D eigenvalue weighted by atomic mass is 79.9. The molecule has 4 heterocycles. The zero-order valence-electron chi connectivity index (χ0n) is 21.1. The molecule has 39 heavy (non-hydrogen) atoms. The number of nitrogens with one attached hydrogen (secondary N) is 1. The number of halogens is 3. The first kappa shape index (κ1) is 29.8. The number of hydrogen-bond acceptors (Lipinski definition) is 6. The van der Waals surface area contributed by atoms with Crippen molar-refractivity contribution < 1.29 is 0 Å². The van der Waals surface area contributed by atoms with E-state index < -0.39 is 0 Å². The topological polar surface area (TPSA) is 62.9 Å². The van der Waals surface area contributed by atoms with Crippen molar-refractivity contribution in [3.05, 3.63) is 113 Å². The van der Waals surface area contributed by atoms with Crippen LogP contribution in [0.4, 0.5) is 0 Å². The fourth-order valence-electron chi connectivity index (χ4n) is 4.45. The van der Waals surface area contributed by atoms with E-state index in [4.69, 9.17) is 28.5 Å². The van der Waals surface area contributed by atoms with Gasteiger partial charge in [0.05, 0.1) is 12.1 Å². The first-order valence-corrected chi connectivity index (χ1v) is 15.9. The second kappa shape index (κ2) is 15.0. The Kier molecular flexibility index (Phi) is 11.4. The summed E-state index contributed by atoms with van der Waals surface area (Å²) in [7, 11) is 0. The third kappa shape index (κ3) is 7.93. The molecule has 0 saturated carbocycles. The van der Waals surface area contributed by atoms with E-state index >= 15 is 0 Å². The first-order valence-electron chi connectivity index (χ1n) is 12.5. The Labute approximate surface area is 256 Å². The van der Waals surface area contributed by atoms with Crippen molar-refractivity contribution >= 4 is 61.8 Å². The number of benzene rings is 2. The molecule has 6 rings (SSSR count). The van der Waals surface area contributed by atoms with Gasteiger partial charge in [0, 0.05) is 51.5 Å². The van der Waals surface area contributed by atoms with Gasteiger partial charge in [-0.05, 0) is 64.6 Å². The summed E-state index contributed by atoms with van der Waals surface area (Å²) in [5.74, 6) is 0. The summed E-state index contributed by atoms with van der Waals surface area (Å²) >= 11 is 18.9. The molecule has 4 nitrogen and oxygen atoms in total. The van der Waals surface area contributed by atoms with Crippen LogP contribution in [-0.4, -0.2) is 18.0 Å². The number of thiophene rings is 2. The quantitative estimate of drug-likeness (QED) is 0.224. The number of hydrogen-bond donors (Lipinski definition) is 1. The van der Waals surface area contributed by atoms with Gasteiger partial charge in [0.2, 0.25) is 0 Å². The van der Waals surface area contributed by atoms with Crippen molar-refractivity contribution in [2.75, 3.05) is 13.1 Å². The summed E-state index contributed by atoms with van der Waals surface area (Å²) in [6, 6.07) is 23.5. The summed E-state index contributed by atoms with van der Waals surface area (Å²) in [5.41, 5.74) is 4.58. The molecule has 0 spiro atoms. The molecule has 2 atom stereocenters. The molecule has 1 N–H and O–H groups in total. The minimum Gasteiger partial charge on any atom is -0.312 e. The maximum absolute atomic E-state index is 9.51. The molecule has 200 valence electrons. The average molecular weight is 659 g/mol. The van der Waals surface area contributed by atoms with Crippen LogP contribution in [0.1, 0.15) is 42.9 Å². The Hall–Kier alpha value is -2.20. The maximum Gasteiger partial charge on any atom is 0.128 e. The number of fused-ring (bicyclic) bond motifs is 2. The van der Waals surface area contributed by atoms with Gasteiger partial charge in [-0.25, -0.2) is 0 Å². The summed E-state index contributed by atoms with van der Waals surface area (Å²) in [6.45, 7) is 3.99. The molecular formula is C30H27BrCl2N4S2. The molecule has 2 aromatic carbocycles. The lowest BCUT2D eigenvalue weighted by Crippen LogP contribution is -2.33. The average Bonchev–Trinajstić information content (AvgIpc) is 3.64. The standard InChI is InChI=1S/C15H13ClN2S.C8H5BrClN.C7H9NS/c16-13-4-2-1-3-12(13)14(9-17)18-7-5-15-11(10-18)6-8-19-15;9-7(5-11)6-3-1-2-4-8(6)10;1-3-8-5-6-2-4-9-7(1)6/h1-4,6,8,14H,5,7,10H2;1-4,7H;2,4,8H,1,3,5H2.